The van der Waals surface area contributed by atoms with Crippen LogP contribution in [0.25, 0.3) is 0 Å². The fourth-order valence-corrected chi connectivity index (χ4v) is 1.82. The fraction of sp³-hybridized carbons (Fsp3) is 0.571. The highest BCUT2D eigenvalue weighted by Crippen LogP contribution is 2.25. The maximum Gasteiger partial charge on any atom is 0.123 e. The first-order chi connectivity index (χ1) is 8.32. The normalized spacial score (nSPS) is 11.7. The third-order valence-corrected chi connectivity index (χ3v) is 2.29. The van der Waals surface area contributed by atoms with Gasteiger partial charge in [-0.25, -0.2) is 0 Å². The lowest BCUT2D eigenvalue weighted by Crippen LogP contribution is -2.35. The van der Waals surface area contributed by atoms with E-state index in [-0.39, 0.29) is 11.6 Å². The second-order valence-corrected chi connectivity index (χ2v) is 5.40. The monoisotopic (exact) mass is 252 g/mol. The smallest absolute Gasteiger partial charge is 0.123 e. The fourth-order valence-electron chi connectivity index (χ4n) is 1.82. The summed E-state index contributed by atoms with van der Waals surface area (Å²) < 4.78 is 10.8. The van der Waals surface area contributed by atoms with E-state index in [4.69, 9.17) is 15.2 Å². The summed E-state index contributed by atoms with van der Waals surface area (Å²) in [7, 11) is 1.69. The molecule has 0 atom stereocenters. The number of nitrogens with one attached hydrogen (secondary N) is 1. The highest BCUT2D eigenvalue weighted by molar-refractivity contribution is 5.60. The van der Waals surface area contributed by atoms with Crippen LogP contribution in [-0.4, -0.2) is 25.4 Å². The Labute approximate surface area is 109 Å². The summed E-state index contributed by atoms with van der Waals surface area (Å²) in [6, 6.07) is 5.67. The van der Waals surface area contributed by atoms with E-state index in [1.165, 1.54) is 0 Å². The van der Waals surface area contributed by atoms with Gasteiger partial charge < -0.3 is 20.5 Å². The van der Waals surface area contributed by atoms with Crippen LogP contribution in [0, 0.1) is 0 Å². The quantitative estimate of drug-likeness (QED) is 0.764. The summed E-state index contributed by atoms with van der Waals surface area (Å²) in [4.78, 5) is 0. The lowest BCUT2D eigenvalue weighted by molar-refractivity contribution is 0.158. The predicted octanol–water partition coefficient (Wildman–Crippen LogP) is 2.89. The number of ether oxygens (including phenoxy) is 2. The summed E-state index contributed by atoms with van der Waals surface area (Å²) in [6.45, 7) is 8.74. The zero-order chi connectivity index (χ0) is 13.8. The average molecular weight is 252 g/mol. The third kappa shape index (κ3) is 4.84. The van der Waals surface area contributed by atoms with Crippen molar-refractivity contribution in [1.29, 1.82) is 0 Å². The van der Waals surface area contributed by atoms with Crippen LogP contribution in [0.4, 0.5) is 11.4 Å². The van der Waals surface area contributed by atoms with Gasteiger partial charge in [0, 0.05) is 30.6 Å². The number of rotatable bonds is 6. The van der Waals surface area contributed by atoms with E-state index < -0.39 is 0 Å². The largest absolute Gasteiger partial charge is 0.491 e. The Kier molecular flexibility index (Phi) is 4.84. The van der Waals surface area contributed by atoms with Crippen molar-refractivity contribution < 1.29 is 9.47 Å². The maximum absolute atomic E-state index is 5.88. The van der Waals surface area contributed by atoms with E-state index in [1.807, 2.05) is 32.0 Å². The Morgan fingerprint density at radius 1 is 1.28 bits per heavy atom. The van der Waals surface area contributed by atoms with Gasteiger partial charge in [-0.15, -0.1) is 0 Å². The minimum absolute atomic E-state index is 0.131. The summed E-state index contributed by atoms with van der Waals surface area (Å²) in [5.41, 5.74) is 7.34. The van der Waals surface area contributed by atoms with E-state index in [0.29, 0.717) is 12.3 Å². The first-order valence-electron chi connectivity index (χ1n) is 6.17. The van der Waals surface area contributed by atoms with E-state index in [0.717, 1.165) is 11.4 Å². The minimum Gasteiger partial charge on any atom is -0.491 e. The molecule has 1 rings (SSSR count). The van der Waals surface area contributed by atoms with Crippen LogP contribution in [0.1, 0.15) is 27.7 Å². The van der Waals surface area contributed by atoms with Gasteiger partial charge in [0.1, 0.15) is 5.75 Å². The summed E-state index contributed by atoms with van der Waals surface area (Å²) in [5, 5.41) is 3.39. The van der Waals surface area contributed by atoms with Crippen molar-refractivity contribution in [2.75, 3.05) is 24.8 Å². The number of nitrogen functional groups attached to an aromatic ring is 1. The first kappa shape index (κ1) is 14.6. The Balaban J connectivity index is 2.85. The molecule has 0 heterocycles. The van der Waals surface area contributed by atoms with E-state index in [2.05, 4.69) is 19.2 Å². The summed E-state index contributed by atoms with van der Waals surface area (Å²) in [6.07, 6.45) is 0.131. The molecule has 0 aliphatic heterocycles. The molecule has 0 amide bonds. The van der Waals surface area contributed by atoms with Crippen LogP contribution in [0.15, 0.2) is 18.2 Å². The van der Waals surface area contributed by atoms with Crippen molar-refractivity contribution in [3.05, 3.63) is 18.2 Å². The molecule has 1 aromatic rings. The van der Waals surface area contributed by atoms with E-state index >= 15 is 0 Å². The first-order valence-corrected chi connectivity index (χ1v) is 6.17. The predicted molar refractivity (Wildman–Crippen MR) is 76.2 cm³/mol. The van der Waals surface area contributed by atoms with Crippen molar-refractivity contribution in [3.8, 4) is 5.75 Å². The number of methoxy groups -OCH3 is 1. The molecular weight excluding hydrogens is 228 g/mol. The lowest BCUT2D eigenvalue weighted by atomic mass is 10.1. The lowest BCUT2D eigenvalue weighted by Gasteiger charge is -2.27. The molecule has 0 aliphatic rings. The molecule has 0 fully saturated rings. The van der Waals surface area contributed by atoms with Crippen LogP contribution in [0.3, 0.4) is 0 Å². The molecule has 0 aliphatic carbocycles. The molecule has 102 valence electrons. The van der Waals surface area contributed by atoms with Gasteiger partial charge in [0.25, 0.3) is 0 Å². The summed E-state index contributed by atoms with van der Waals surface area (Å²) in [5.74, 6) is 0.778. The Morgan fingerprint density at radius 2 is 1.94 bits per heavy atom. The van der Waals surface area contributed by atoms with Gasteiger partial charge in [-0.1, -0.05) is 0 Å². The van der Waals surface area contributed by atoms with Gasteiger partial charge in [-0.2, -0.15) is 0 Å². The van der Waals surface area contributed by atoms with Crippen LogP contribution in [-0.2, 0) is 4.74 Å². The van der Waals surface area contributed by atoms with Crippen molar-refractivity contribution in [3.63, 3.8) is 0 Å². The van der Waals surface area contributed by atoms with Crippen LogP contribution in [0.2, 0.25) is 0 Å². The summed E-state index contributed by atoms with van der Waals surface area (Å²) >= 11 is 0. The molecule has 0 saturated heterocycles. The molecule has 3 N–H and O–H groups in total. The van der Waals surface area contributed by atoms with Crippen LogP contribution >= 0.6 is 0 Å². The Hall–Kier alpha value is -1.42. The molecule has 1 aromatic carbocycles. The zero-order valence-electron chi connectivity index (χ0n) is 11.9. The topological polar surface area (TPSA) is 56.5 Å². The molecule has 0 bridgehead atoms. The van der Waals surface area contributed by atoms with Gasteiger partial charge >= 0.3 is 0 Å². The van der Waals surface area contributed by atoms with Gasteiger partial charge in [0.05, 0.1) is 18.2 Å². The Bertz CT molecular complexity index is 389. The minimum atomic E-state index is -0.155. The maximum atomic E-state index is 5.88. The van der Waals surface area contributed by atoms with Crippen molar-refractivity contribution in [2.45, 2.75) is 39.3 Å². The highest BCUT2D eigenvalue weighted by atomic mass is 16.5. The van der Waals surface area contributed by atoms with Crippen molar-refractivity contribution >= 4 is 11.4 Å². The Morgan fingerprint density at radius 3 is 2.50 bits per heavy atom. The highest BCUT2D eigenvalue weighted by Gasteiger charge is 2.17. The van der Waals surface area contributed by atoms with Crippen molar-refractivity contribution in [1.82, 2.24) is 0 Å². The second kappa shape index (κ2) is 5.96. The van der Waals surface area contributed by atoms with E-state index in [9.17, 15) is 0 Å². The zero-order valence-corrected chi connectivity index (χ0v) is 11.9. The standard InChI is InChI=1S/C14H24N2O2/c1-10(2)18-13-7-11(15)6-12(8-13)16-14(3,4)9-17-5/h6-8,10,16H,9,15H2,1-5H3. The molecule has 4 heteroatoms. The van der Waals surface area contributed by atoms with E-state index in [1.54, 1.807) is 7.11 Å². The number of benzene rings is 1. The van der Waals surface area contributed by atoms with Gasteiger partial charge in [-0.05, 0) is 33.8 Å². The van der Waals surface area contributed by atoms with Gasteiger partial charge in [0.15, 0.2) is 0 Å². The molecule has 0 saturated carbocycles. The number of hydrogen-bond donors (Lipinski definition) is 2. The number of hydrogen-bond acceptors (Lipinski definition) is 4. The molecule has 0 radical (unpaired) electrons. The number of nitrogens with two attached hydrogens (primary N) is 1. The molecule has 18 heavy (non-hydrogen) atoms. The molecule has 0 spiro atoms. The van der Waals surface area contributed by atoms with Gasteiger partial charge in [0.2, 0.25) is 0 Å². The SMILES string of the molecule is COCC(C)(C)Nc1cc(N)cc(OC(C)C)c1. The van der Waals surface area contributed by atoms with Gasteiger partial charge in [-0.3, -0.25) is 0 Å². The second-order valence-electron chi connectivity index (χ2n) is 5.40. The number of anilines is 2. The van der Waals surface area contributed by atoms with Crippen LogP contribution < -0.4 is 15.8 Å². The van der Waals surface area contributed by atoms with Crippen LogP contribution in [0.5, 0.6) is 5.75 Å². The molecule has 4 nitrogen and oxygen atoms in total. The van der Waals surface area contributed by atoms with Crippen molar-refractivity contribution in [2.24, 2.45) is 0 Å². The third-order valence-electron chi connectivity index (χ3n) is 2.29. The average Bonchev–Trinajstić information content (AvgIpc) is 2.13. The molecule has 0 unspecified atom stereocenters. The molecule has 0 aromatic heterocycles. The molecular formula is C14H24N2O2.